The Balaban J connectivity index is 2.15. The van der Waals surface area contributed by atoms with Gasteiger partial charge < -0.3 is 15.0 Å². The molecule has 0 aliphatic heterocycles. The van der Waals surface area contributed by atoms with Crippen molar-refractivity contribution in [2.45, 2.75) is 40.3 Å². The molecule has 0 bridgehead atoms. The fourth-order valence-electron chi connectivity index (χ4n) is 2.77. The third-order valence-corrected chi connectivity index (χ3v) is 4.84. The quantitative estimate of drug-likeness (QED) is 0.728. The van der Waals surface area contributed by atoms with Crippen LogP contribution in [0.4, 0.5) is 0 Å². The number of hydrogen-bond donors (Lipinski definition) is 1. The lowest BCUT2D eigenvalue weighted by atomic mass is 10.1. The Morgan fingerprint density at radius 1 is 1.14 bits per heavy atom. The van der Waals surface area contributed by atoms with Crippen molar-refractivity contribution in [1.82, 2.24) is 10.2 Å². The van der Waals surface area contributed by atoms with Gasteiger partial charge in [0.15, 0.2) is 6.61 Å². The summed E-state index contributed by atoms with van der Waals surface area (Å²) < 4.78 is 5.69. The summed E-state index contributed by atoms with van der Waals surface area (Å²) in [5.41, 5.74) is 3.10. The van der Waals surface area contributed by atoms with E-state index in [0.29, 0.717) is 17.3 Å². The van der Waals surface area contributed by atoms with Gasteiger partial charge in [0.2, 0.25) is 5.91 Å². The Hall–Kier alpha value is -2.53. The van der Waals surface area contributed by atoms with Gasteiger partial charge in [-0.05, 0) is 68.7 Å². The molecule has 2 aromatic rings. The number of nitrogens with zero attached hydrogens (tertiary/aromatic N) is 1. The highest BCUT2D eigenvalue weighted by Crippen LogP contribution is 2.18. The minimum atomic E-state index is -0.630. The van der Waals surface area contributed by atoms with Crippen LogP contribution in [-0.2, 0) is 16.1 Å². The minimum Gasteiger partial charge on any atom is -0.484 e. The highest BCUT2D eigenvalue weighted by atomic mass is 35.5. The second kappa shape index (κ2) is 10.1. The molecule has 28 heavy (non-hydrogen) atoms. The highest BCUT2D eigenvalue weighted by molar-refractivity contribution is 6.30. The molecule has 0 aromatic heterocycles. The van der Waals surface area contributed by atoms with E-state index >= 15 is 0 Å². The molecule has 1 N–H and O–H groups in total. The van der Waals surface area contributed by atoms with Crippen LogP contribution in [-0.4, -0.2) is 35.9 Å². The predicted octanol–water partition coefficient (Wildman–Crippen LogP) is 3.89. The Labute approximate surface area is 171 Å². The van der Waals surface area contributed by atoms with Crippen LogP contribution >= 0.6 is 11.6 Å². The minimum absolute atomic E-state index is 0.146. The van der Waals surface area contributed by atoms with E-state index in [1.54, 1.807) is 19.1 Å². The zero-order valence-electron chi connectivity index (χ0n) is 16.8. The van der Waals surface area contributed by atoms with Gasteiger partial charge in [0.25, 0.3) is 5.91 Å². The summed E-state index contributed by atoms with van der Waals surface area (Å²) in [5.74, 6) is 0.158. The van der Waals surface area contributed by atoms with Gasteiger partial charge in [-0.2, -0.15) is 0 Å². The fraction of sp³-hybridized carbons (Fsp3) is 0.364. The van der Waals surface area contributed by atoms with E-state index in [1.165, 1.54) is 4.90 Å². The molecule has 0 heterocycles. The van der Waals surface area contributed by atoms with Crippen molar-refractivity contribution < 1.29 is 14.3 Å². The molecule has 0 aliphatic carbocycles. The molecule has 0 fully saturated rings. The molecule has 5 nitrogen and oxygen atoms in total. The van der Waals surface area contributed by atoms with Gasteiger partial charge in [-0.1, -0.05) is 29.8 Å². The normalized spacial score (nSPS) is 11.6. The Morgan fingerprint density at radius 2 is 1.89 bits per heavy atom. The summed E-state index contributed by atoms with van der Waals surface area (Å²) in [6.07, 6.45) is 0. The monoisotopic (exact) mass is 402 g/mol. The SMILES string of the molecule is CCNC(=O)[C@H](C)N(Cc1cccc(Cl)c1)C(=O)COc1ccc(C)c(C)c1. The van der Waals surface area contributed by atoms with Crippen LogP contribution in [0.15, 0.2) is 42.5 Å². The van der Waals surface area contributed by atoms with Crippen molar-refractivity contribution in [2.24, 2.45) is 0 Å². The molecule has 2 aromatic carbocycles. The van der Waals surface area contributed by atoms with Crippen LogP contribution in [0.5, 0.6) is 5.75 Å². The van der Waals surface area contributed by atoms with E-state index in [9.17, 15) is 9.59 Å². The third-order valence-electron chi connectivity index (χ3n) is 4.60. The Morgan fingerprint density at radius 3 is 2.54 bits per heavy atom. The summed E-state index contributed by atoms with van der Waals surface area (Å²) in [6, 6.07) is 12.3. The summed E-state index contributed by atoms with van der Waals surface area (Å²) in [6.45, 7) is 8.19. The van der Waals surface area contributed by atoms with Crippen molar-refractivity contribution >= 4 is 23.4 Å². The number of nitrogens with one attached hydrogen (secondary N) is 1. The van der Waals surface area contributed by atoms with Crippen LogP contribution in [0.2, 0.25) is 5.02 Å². The lowest BCUT2D eigenvalue weighted by molar-refractivity contribution is -0.142. The molecule has 0 aliphatic rings. The zero-order chi connectivity index (χ0) is 20.7. The largest absolute Gasteiger partial charge is 0.484 e. The van der Waals surface area contributed by atoms with Gasteiger partial charge in [0, 0.05) is 18.1 Å². The van der Waals surface area contributed by atoms with E-state index in [2.05, 4.69) is 5.32 Å². The first-order chi connectivity index (χ1) is 13.3. The smallest absolute Gasteiger partial charge is 0.261 e. The van der Waals surface area contributed by atoms with Crippen molar-refractivity contribution in [2.75, 3.05) is 13.2 Å². The van der Waals surface area contributed by atoms with E-state index in [1.807, 2.05) is 51.1 Å². The van der Waals surface area contributed by atoms with Crippen LogP contribution in [0, 0.1) is 13.8 Å². The Kier molecular flexibility index (Phi) is 7.88. The predicted molar refractivity (Wildman–Crippen MR) is 112 cm³/mol. The number of rotatable bonds is 8. The van der Waals surface area contributed by atoms with Gasteiger partial charge in [-0.25, -0.2) is 0 Å². The fourth-order valence-corrected chi connectivity index (χ4v) is 2.98. The molecule has 0 unspecified atom stereocenters. The maximum absolute atomic E-state index is 12.9. The standard InChI is InChI=1S/C22H27ClN2O3/c1-5-24-22(27)17(4)25(13-18-7-6-8-19(23)12-18)21(26)14-28-20-10-9-15(2)16(3)11-20/h6-12,17H,5,13-14H2,1-4H3,(H,24,27)/t17-/m0/s1. The number of benzene rings is 2. The van der Waals surface area contributed by atoms with Gasteiger partial charge in [0.1, 0.15) is 11.8 Å². The summed E-state index contributed by atoms with van der Waals surface area (Å²) in [5, 5.41) is 3.35. The van der Waals surface area contributed by atoms with E-state index in [-0.39, 0.29) is 25.0 Å². The van der Waals surface area contributed by atoms with Crippen LogP contribution in [0.1, 0.15) is 30.5 Å². The van der Waals surface area contributed by atoms with Gasteiger partial charge >= 0.3 is 0 Å². The Bertz CT molecular complexity index is 838. The molecule has 0 radical (unpaired) electrons. The summed E-state index contributed by atoms with van der Waals surface area (Å²) in [4.78, 5) is 26.7. The molecule has 0 saturated heterocycles. The first-order valence-corrected chi connectivity index (χ1v) is 9.71. The third kappa shape index (κ3) is 5.99. The van der Waals surface area contributed by atoms with E-state index < -0.39 is 6.04 Å². The number of ether oxygens (including phenoxy) is 1. The molecule has 2 rings (SSSR count). The molecular formula is C22H27ClN2O3. The van der Waals surface area contributed by atoms with Crippen molar-refractivity contribution in [3.63, 3.8) is 0 Å². The highest BCUT2D eigenvalue weighted by Gasteiger charge is 2.26. The second-order valence-electron chi connectivity index (χ2n) is 6.76. The molecule has 0 saturated carbocycles. The van der Waals surface area contributed by atoms with Crippen molar-refractivity contribution in [3.8, 4) is 5.75 Å². The van der Waals surface area contributed by atoms with Gasteiger partial charge in [-0.3, -0.25) is 9.59 Å². The molecule has 0 spiro atoms. The number of carbonyl (C=O) groups excluding carboxylic acids is 2. The van der Waals surface area contributed by atoms with Gasteiger partial charge in [0.05, 0.1) is 0 Å². The average Bonchev–Trinajstić information content (AvgIpc) is 2.66. The summed E-state index contributed by atoms with van der Waals surface area (Å²) in [7, 11) is 0. The maximum Gasteiger partial charge on any atom is 0.261 e. The zero-order valence-corrected chi connectivity index (χ0v) is 17.5. The number of hydrogen-bond acceptors (Lipinski definition) is 3. The molecule has 150 valence electrons. The van der Waals surface area contributed by atoms with Crippen molar-refractivity contribution in [1.29, 1.82) is 0 Å². The van der Waals surface area contributed by atoms with E-state index in [0.717, 1.165) is 16.7 Å². The van der Waals surface area contributed by atoms with E-state index in [4.69, 9.17) is 16.3 Å². The lowest BCUT2D eigenvalue weighted by Crippen LogP contribution is -2.49. The van der Waals surface area contributed by atoms with Crippen molar-refractivity contribution in [3.05, 3.63) is 64.2 Å². The molecule has 6 heteroatoms. The van der Waals surface area contributed by atoms with Crippen LogP contribution in [0.25, 0.3) is 0 Å². The maximum atomic E-state index is 12.9. The number of amides is 2. The average molecular weight is 403 g/mol. The first kappa shape index (κ1) is 21.8. The second-order valence-corrected chi connectivity index (χ2v) is 7.19. The lowest BCUT2D eigenvalue weighted by Gasteiger charge is -2.28. The first-order valence-electron chi connectivity index (χ1n) is 9.33. The number of carbonyl (C=O) groups is 2. The molecular weight excluding hydrogens is 376 g/mol. The number of likely N-dealkylation sites (N-methyl/N-ethyl adjacent to an activating group) is 1. The number of halogens is 1. The number of aryl methyl sites for hydroxylation is 2. The van der Waals surface area contributed by atoms with Crippen LogP contribution < -0.4 is 10.1 Å². The summed E-state index contributed by atoms with van der Waals surface area (Å²) >= 11 is 6.06. The van der Waals surface area contributed by atoms with Crippen LogP contribution in [0.3, 0.4) is 0 Å². The molecule has 2 amide bonds. The van der Waals surface area contributed by atoms with Gasteiger partial charge in [-0.15, -0.1) is 0 Å². The topological polar surface area (TPSA) is 58.6 Å². The molecule has 1 atom stereocenters.